The van der Waals surface area contributed by atoms with Gasteiger partial charge in [-0.25, -0.2) is 27.0 Å². The van der Waals surface area contributed by atoms with Crippen LogP contribution >= 0.6 is 0 Å². The van der Waals surface area contributed by atoms with Gasteiger partial charge >= 0.3 is 0 Å². The molecule has 6 nitrogen and oxygen atoms in total. The first kappa shape index (κ1) is 16.3. The van der Waals surface area contributed by atoms with Gasteiger partial charge in [0.15, 0.2) is 0 Å². The predicted octanol–water partition coefficient (Wildman–Crippen LogP) is 3.03. The Morgan fingerprint density at radius 1 is 1.21 bits per heavy atom. The Morgan fingerprint density at radius 2 is 1.88 bits per heavy atom. The molecule has 0 bridgehead atoms. The van der Waals surface area contributed by atoms with Crippen LogP contribution < -0.4 is 5.14 Å². The highest BCUT2D eigenvalue weighted by atomic mass is 32.2. The number of halogens is 2. The number of aromatic nitrogens is 2. The highest BCUT2D eigenvalue weighted by Crippen LogP contribution is 2.29. The number of nitrogens with zero attached hydrogens (tertiary/aromatic N) is 2. The lowest BCUT2D eigenvalue weighted by molar-refractivity contribution is 0.145. The summed E-state index contributed by atoms with van der Waals surface area (Å²) < 4.78 is 55.2. The SMILES string of the molecule is Cc1cc(-c2cc(C(F)F)nn2-c2ccc(S(N)(=O)=O)cc2)co1. The Labute approximate surface area is 136 Å². The molecule has 0 fully saturated rings. The zero-order valence-corrected chi connectivity index (χ0v) is 13.3. The third kappa shape index (κ3) is 3.08. The van der Waals surface area contributed by atoms with Crippen molar-refractivity contribution >= 4 is 10.0 Å². The van der Waals surface area contributed by atoms with Crippen LogP contribution in [0.2, 0.25) is 0 Å². The monoisotopic (exact) mass is 353 g/mol. The molecule has 126 valence electrons. The van der Waals surface area contributed by atoms with E-state index in [4.69, 9.17) is 9.56 Å². The van der Waals surface area contributed by atoms with Gasteiger partial charge in [-0.3, -0.25) is 0 Å². The number of benzene rings is 1. The highest BCUT2D eigenvalue weighted by Gasteiger charge is 2.19. The summed E-state index contributed by atoms with van der Waals surface area (Å²) in [5.74, 6) is 0.626. The van der Waals surface area contributed by atoms with Gasteiger partial charge in [-0.05, 0) is 43.3 Å². The molecule has 0 aliphatic heterocycles. The summed E-state index contributed by atoms with van der Waals surface area (Å²) in [7, 11) is -3.83. The summed E-state index contributed by atoms with van der Waals surface area (Å²) in [6.45, 7) is 1.74. The van der Waals surface area contributed by atoms with Crippen LogP contribution in [0.15, 0.2) is 52.0 Å². The summed E-state index contributed by atoms with van der Waals surface area (Å²) in [6, 6.07) is 8.43. The Kier molecular flexibility index (Phi) is 3.98. The van der Waals surface area contributed by atoms with Crippen molar-refractivity contribution < 1.29 is 21.6 Å². The molecule has 2 aromatic heterocycles. The van der Waals surface area contributed by atoms with Gasteiger partial charge in [-0.2, -0.15) is 5.10 Å². The van der Waals surface area contributed by atoms with Crippen molar-refractivity contribution in [3.63, 3.8) is 0 Å². The maximum Gasteiger partial charge on any atom is 0.282 e. The minimum atomic E-state index is -3.83. The molecule has 0 amide bonds. The van der Waals surface area contributed by atoms with Crippen LogP contribution in [0.1, 0.15) is 17.9 Å². The first-order valence-corrected chi connectivity index (χ1v) is 8.37. The fourth-order valence-electron chi connectivity index (χ4n) is 2.26. The van der Waals surface area contributed by atoms with Gasteiger partial charge in [-0.15, -0.1) is 0 Å². The van der Waals surface area contributed by atoms with Crippen LogP contribution in [0.25, 0.3) is 16.9 Å². The van der Waals surface area contributed by atoms with Gasteiger partial charge in [0, 0.05) is 5.56 Å². The molecule has 1 aromatic carbocycles. The maximum absolute atomic E-state index is 13.0. The minimum Gasteiger partial charge on any atom is -0.469 e. The summed E-state index contributed by atoms with van der Waals surface area (Å²) in [5, 5.41) is 8.95. The summed E-state index contributed by atoms with van der Waals surface area (Å²) in [6.07, 6.45) is -1.29. The van der Waals surface area contributed by atoms with Crippen molar-refractivity contribution in [2.24, 2.45) is 5.14 Å². The average molecular weight is 353 g/mol. The van der Waals surface area contributed by atoms with Gasteiger partial charge in [0.05, 0.1) is 16.3 Å². The maximum atomic E-state index is 13.0. The number of furan rings is 1. The number of hydrogen-bond donors (Lipinski definition) is 1. The van der Waals surface area contributed by atoms with Crippen LogP contribution in [0, 0.1) is 6.92 Å². The van der Waals surface area contributed by atoms with E-state index in [1.165, 1.54) is 41.3 Å². The Balaban J connectivity index is 2.13. The Bertz CT molecular complexity index is 976. The second-order valence-electron chi connectivity index (χ2n) is 5.15. The normalized spacial score (nSPS) is 12.0. The fourth-order valence-corrected chi connectivity index (χ4v) is 2.78. The van der Waals surface area contributed by atoms with Crippen molar-refractivity contribution in [2.75, 3.05) is 0 Å². The zero-order chi connectivity index (χ0) is 17.5. The third-order valence-corrected chi connectivity index (χ3v) is 4.32. The lowest BCUT2D eigenvalue weighted by Crippen LogP contribution is -2.12. The molecule has 24 heavy (non-hydrogen) atoms. The van der Waals surface area contributed by atoms with E-state index in [0.29, 0.717) is 22.7 Å². The summed E-state index contributed by atoms with van der Waals surface area (Å²) in [5.41, 5.74) is 1.02. The molecule has 0 radical (unpaired) electrons. The summed E-state index contributed by atoms with van der Waals surface area (Å²) in [4.78, 5) is -0.0757. The van der Waals surface area contributed by atoms with Gasteiger partial charge in [0.2, 0.25) is 10.0 Å². The van der Waals surface area contributed by atoms with E-state index in [-0.39, 0.29) is 10.6 Å². The highest BCUT2D eigenvalue weighted by molar-refractivity contribution is 7.89. The van der Waals surface area contributed by atoms with E-state index < -0.39 is 16.4 Å². The van der Waals surface area contributed by atoms with Crippen molar-refractivity contribution in [2.45, 2.75) is 18.2 Å². The van der Waals surface area contributed by atoms with E-state index in [1.807, 2.05) is 0 Å². The number of primary sulfonamides is 1. The quantitative estimate of drug-likeness (QED) is 0.780. The van der Waals surface area contributed by atoms with E-state index in [2.05, 4.69) is 5.10 Å². The first-order chi connectivity index (χ1) is 11.3. The van der Waals surface area contributed by atoms with E-state index in [9.17, 15) is 17.2 Å². The Hall–Kier alpha value is -2.52. The number of hydrogen-bond acceptors (Lipinski definition) is 4. The molecule has 2 heterocycles. The number of rotatable bonds is 4. The van der Waals surface area contributed by atoms with Crippen molar-refractivity contribution in [1.82, 2.24) is 9.78 Å². The van der Waals surface area contributed by atoms with E-state index in [0.717, 1.165) is 0 Å². The molecule has 9 heteroatoms. The smallest absolute Gasteiger partial charge is 0.282 e. The lowest BCUT2D eigenvalue weighted by Gasteiger charge is -2.07. The van der Waals surface area contributed by atoms with Crippen LogP contribution in [-0.2, 0) is 10.0 Å². The van der Waals surface area contributed by atoms with Crippen LogP contribution in [0.5, 0.6) is 0 Å². The average Bonchev–Trinajstić information content (AvgIpc) is 3.12. The molecule has 2 N–H and O–H groups in total. The standard InChI is InChI=1S/C15H13F2N3O3S/c1-9-6-10(8-23-9)14-7-13(15(16)17)19-20(14)11-2-4-12(5-3-11)24(18,21)22/h2-8,15H,1H3,(H2,18,21,22). The molecular weight excluding hydrogens is 340 g/mol. The fraction of sp³-hybridized carbons (Fsp3) is 0.133. The van der Waals surface area contributed by atoms with Crippen molar-refractivity contribution in [3.05, 3.63) is 54.1 Å². The molecule has 0 saturated carbocycles. The number of aryl methyl sites for hydroxylation is 1. The molecule has 0 aliphatic rings. The Morgan fingerprint density at radius 3 is 2.38 bits per heavy atom. The van der Waals surface area contributed by atoms with Gasteiger partial charge in [-0.1, -0.05) is 0 Å². The second-order valence-corrected chi connectivity index (χ2v) is 6.71. The number of nitrogens with two attached hydrogens (primary N) is 1. The lowest BCUT2D eigenvalue weighted by atomic mass is 10.2. The van der Waals surface area contributed by atoms with Crippen LogP contribution in [0.4, 0.5) is 8.78 Å². The van der Waals surface area contributed by atoms with E-state index in [1.54, 1.807) is 13.0 Å². The molecule has 0 unspecified atom stereocenters. The van der Waals surface area contributed by atoms with Crippen LogP contribution in [0.3, 0.4) is 0 Å². The topological polar surface area (TPSA) is 91.1 Å². The molecule has 0 spiro atoms. The molecule has 0 aliphatic carbocycles. The first-order valence-electron chi connectivity index (χ1n) is 6.82. The van der Waals surface area contributed by atoms with Gasteiger partial charge < -0.3 is 4.42 Å². The molecule has 3 aromatic rings. The van der Waals surface area contributed by atoms with Gasteiger partial charge in [0.25, 0.3) is 6.43 Å². The zero-order valence-electron chi connectivity index (χ0n) is 12.5. The molecule has 0 atom stereocenters. The number of alkyl halides is 2. The number of sulfonamides is 1. The van der Waals surface area contributed by atoms with Gasteiger partial charge in [0.1, 0.15) is 17.7 Å². The predicted molar refractivity (Wildman–Crippen MR) is 82.3 cm³/mol. The second kappa shape index (κ2) is 5.84. The molecular formula is C15H13F2N3O3S. The van der Waals surface area contributed by atoms with E-state index >= 15 is 0 Å². The minimum absolute atomic E-state index is 0.0757. The van der Waals surface area contributed by atoms with Crippen LogP contribution in [-0.4, -0.2) is 18.2 Å². The van der Waals surface area contributed by atoms with Crippen molar-refractivity contribution in [3.8, 4) is 16.9 Å². The largest absolute Gasteiger partial charge is 0.469 e. The third-order valence-electron chi connectivity index (χ3n) is 3.39. The molecule has 3 rings (SSSR count). The molecule has 0 saturated heterocycles. The van der Waals surface area contributed by atoms with Crippen molar-refractivity contribution in [1.29, 1.82) is 0 Å². The summed E-state index contributed by atoms with van der Waals surface area (Å²) >= 11 is 0.